The molecule has 2 N–H and O–H groups in total. The van der Waals surface area contributed by atoms with Crippen molar-refractivity contribution >= 4 is 39.1 Å². The number of hydrogen-bond donors (Lipinski definition) is 2. The van der Waals surface area contributed by atoms with Gasteiger partial charge in [0.2, 0.25) is 0 Å². The Bertz CT molecular complexity index is 649. The number of halogens is 3. The first kappa shape index (κ1) is 13.8. The smallest absolute Gasteiger partial charge is 0.258 e. The van der Waals surface area contributed by atoms with Crippen LogP contribution in [-0.4, -0.2) is 11.0 Å². The predicted octanol–water partition coefficient (Wildman–Crippen LogP) is 4.20. The fraction of sp³-hybridized carbons (Fsp3) is 0. The Labute approximate surface area is 122 Å². The average Bonchev–Trinajstić information content (AvgIpc) is 2.33. The summed E-state index contributed by atoms with van der Waals surface area (Å²) in [6, 6.07) is 8.20. The molecule has 19 heavy (non-hydrogen) atoms. The second-order valence-electron chi connectivity index (χ2n) is 3.74. The van der Waals surface area contributed by atoms with Crippen molar-refractivity contribution in [1.82, 2.24) is 0 Å². The molecular weight excluding hydrogens is 337 g/mol. The van der Waals surface area contributed by atoms with Crippen molar-refractivity contribution in [2.75, 3.05) is 5.32 Å². The summed E-state index contributed by atoms with van der Waals surface area (Å²) in [5, 5.41) is 12.1. The van der Waals surface area contributed by atoms with Crippen molar-refractivity contribution in [3.63, 3.8) is 0 Å². The van der Waals surface area contributed by atoms with Gasteiger partial charge >= 0.3 is 0 Å². The van der Waals surface area contributed by atoms with E-state index in [1.807, 2.05) is 0 Å². The van der Waals surface area contributed by atoms with Crippen molar-refractivity contribution in [2.45, 2.75) is 0 Å². The summed E-state index contributed by atoms with van der Waals surface area (Å²) < 4.78 is 14.2. The van der Waals surface area contributed by atoms with Crippen LogP contribution in [0.15, 0.2) is 40.9 Å². The van der Waals surface area contributed by atoms with Crippen molar-refractivity contribution in [2.24, 2.45) is 0 Å². The van der Waals surface area contributed by atoms with Crippen LogP contribution >= 0.6 is 27.5 Å². The van der Waals surface area contributed by atoms with Crippen molar-refractivity contribution in [3.05, 3.63) is 57.3 Å². The molecule has 0 aliphatic carbocycles. The Balaban J connectivity index is 2.28. The Morgan fingerprint density at radius 3 is 2.68 bits per heavy atom. The van der Waals surface area contributed by atoms with Crippen LogP contribution in [0.5, 0.6) is 5.75 Å². The molecule has 0 atom stereocenters. The predicted molar refractivity (Wildman–Crippen MR) is 75.2 cm³/mol. The normalized spacial score (nSPS) is 10.3. The van der Waals surface area contributed by atoms with E-state index < -0.39 is 11.7 Å². The van der Waals surface area contributed by atoms with Crippen molar-refractivity contribution in [1.29, 1.82) is 0 Å². The molecule has 98 valence electrons. The minimum atomic E-state index is -0.796. The van der Waals surface area contributed by atoms with E-state index in [0.29, 0.717) is 15.2 Å². The second-order valence-corrected chi connectivity index (χ2v) is 5.03. The molecule has 0 aliphatic rings. The quantitative estimate of drug-likeness (QED) is 0.858. The second kappa shape index (κ2) is 5.59. The fourth-order valence-electron chi connectivity index (χ4n) is 1.47. The van der Waals surface area contributed by atoms with E-state index in [1.165, 1.54) is 12.1 Å². The van der Waals surface area contributed by atoms with Gasteiger partial charge in [-0.15, -0.1) is 0 Å². The van der Waals surface area contributed by atoms with Crippen LogP contribution in [0.1, 0.15) is 10.4 Å². The topological polar surface area (TPSA) is 49.3 Å². The molecule has 0 fully saturated rings. The molecule has 0 bridgehead atoms. The molecule has 0 saturated carbocycles. The number of rotatable bonds is 2. The third kappa shape index (κ3) is 3.24. The number of phenols is 1. The van der Waals surface area contributed by atoms with Gasteiger partial charge in [-0.3, -0.25) is 4.79 Å². The summed E-state index contributed by atoms with van der Waals surface area (Å²) in [5.74, 6) is -1.66. The molecule has 2 aromatic rings. The fourth-order valence-corrected chi connectivity index (χ4v) is 1.99. The maximum atomic E-state index is 13.5. The lowest BCUT2D eigenvalue weighted by Crippen LogP contribution is -2.14. The molecular formula is C13H8BrClFNO2. The minimum Gasteiger partial charge on any atom is -0.508 e. The molecule has 6 heteroatoms. The van der Waals surface area contributed by atoms with E-state index in [4.69, 9.17) is 16.7 Å². The van der Waals surface area contributed by atoms with Gasteiger partial charge in [0, 0.05) is 15.6 Å². The van der Waals surface area contributed by atoms with E-state index >= 15 is 0 Å². The summed E-state index contributed by atoms with van der Waals surface area (Å²) in [6.45, 7) is 0. The highest BCUT2D eigenvalue weighted by molar-refractivity contribution is 9.10. The molecule has 0 aliphatic heterocycles. The Morgan fingerprint density at radius 2 is 2.00 bits per heavy atom. The minimum absolute atomic E-state index is 0.162. The lowest BCUT2D eigenvalue weighted by molar-refractivity contribution is 0.102. The highest BCUT2D eigenvalue weighted by Crippen LogP contribution is 2.26. The monoisotopic (exact) mass is 343 g/mol. The van der Waals surface area contributed by atoms with Crippen molar-refractivity contribution < 1.29 is 14.3 Å². The third-order valence-corrected chi connectivity index (χ3v) is 3.30. The molecule has 2 aromatic carbocycles. The lowest BCUT2D eigenvalue weighted by atomic mass is 10.2. The standard InChI is InChI=1S/C13H8BrClFNO2/c14-10-4-1-7(15)5-12(10)17-13(19)9-3-2-8(18)6-11(9)16/h1-6,18H,(H,17,19). The number of carbonyl (C=O) groups is 1. The van der Waals surface area contributed by atoms with Crippen LogP contribution in [-0.2, 0) is 0 Å². The average molecular weight is 345 g/mol. The van der Waals surface area contributed by atoms with Crippen LogP contribution < -0.4 is 5.32 Å². The number of carbonyl (C=O) groups excluding carboxylic acids is 1. The van der Waals surface area contributed by atoms with Crippen LogP contribution in [0.4, 0.5) is 10.1 Å². The third-order valence-electron chi connectivity index (χ3n) is 2.37. The molecule has 0 aromatic heterocycles. The van der Waals surface area contributed by atoms with Gasteiger partial charge in [0.15, 0.2) is 0 Å². The van der Waals surface area contributed by atoms with E-state index in [-0.39, 0.29) is 11.3 Å². The highest BCUT2D eigenvalue weighted by Gasteiger charge is 2.13. The van der Waals surface area contributed by atoms with Gasteiger partial charge in [0.05, 0.1) is 11.3 Å². The Hall–Kier alpha value is -1.59. The number of aromatic hydroxyl groups is 1. The van der Waals surface area contributed by atoms with E-state index in [2.05, 4.69) is 21.2 Å². The molecule has 1 amide bonds. The summed E-state index contributed by atoms with van der Waals surface area (Å²) in [4.78, 5) is 11.9. The summed E-state index contributed by atoms with van der Waals surface area (Å²) in [5.41, 5.74) is 0.273. The van der Waals surface area contributed by atoms with Gasteiger partial charge < -0.3 is 10.4 Å². The lowest BCUT2D eigenvalue weighted by Gasteiger charge is -2.08. The molecule has 3 nitrogen and oxygen atoms in total. The first-order chi connectivity index (χ1) is 8.97. The van der Waals surface area contributed by atoms with Gasteiger partial charge in [0.1, 0.15) is 11.6 Å². The van der Waals surface area contributed by atoms with Crippen LogP contribution in [0.2, 0.25) is 5.02 Å². The van der Waals surface area contributed by atoms with Gasteiger partial charge in [-0.1, -0.05) is 11.6 Å². The molecule has 0 saturated heterocycles. The van der Waals surface area contributed by atoms with Crippen LogP contribution in [0.3, 0.4) is 0 Å². The van der Waals surface area contributed by atoms with Crippen LogP contribution in [0, 0.1) is 5.82 Å². The summed E-state index contributed by atoms with van der Waals surface area (Å²) in [7, 11) is 0. The zero-order chi connectivity index (χ0) is 14.0. The largest absolute Gasteiger partial charge is 0.508 e. The highest BCUT2D eigenvalue weighted by atomic mass is 79.9. The first-order valence-electron chi connectivity index (χ1n) is 5.22. The Morgan fingerprint density at radius 1 is 1.26 bits per heavy atom. The van der Waals surface area contributed by atoms with Gasteiger partial charge in [-0.25, -0.2) is 4.39 Å². The summed E-state index contributed by atoms with van der Waals surface area (Å²) in [6.07, 6.45) is 0. The number of nitrogens with one attached hydrogen (secondary N) is 1. The van der Waals surface area contributed by atoms with Gasteiger partial charge in [0.25, 0.3) is 5.91 Å². The maximum absolute atomic E-state index is 13.5. The molecule has 0 heterocycles. The number of amides is 1. The Kier molecular flexibility index (Phi) is 4.07. The van der Waals surface area contributed by atoms with Gasteiger partial charge in [-0.05, 0) is 46.3 Å². The maximum Gasteiger partial charge on any atom is 0.258 e. The number of anilines is 1. The SMILES string of the molecule is O=C(Nc1cc(Cl)ccc1Br)c1ccc(O)cc1F. The molecule has 0 spiro atoms. The zero-order valence-corrected chi connectivity index (χ0v) is 11.8. The van der Waals surface area contributed by atoms with Crippen LogP contribution in [0.25, 0.3) is 0 Å². The summed E-state index contributed by atoms with van der Waals surface area (Å²) >= 11 is 9.07. The molecule has 0 radical (unpaired) electrons. The van der Waals surface area contributed by atoms with E-state index in [0.717, 1.165) is 6.07 Å². The number of phenolic OH excluding ortho intramolecular Hbond substituents is 1. The number of benzene rings is 2. The molecule has 0 unspecified atom stereocenters. The van der Waals surface area contributed by atoms with E-state index in [1.54, 1.807) is 18.2 Å². The number of hydrogen-bond acceptors (Lipinski definition) is 2. The first-order valence-corrected chi connectivity index (χ1v) is 6.39. The van der Waals surface area contributed by atoms with E-state index in [9.17, 15) is 9.18 Å². The van der Waals surface area contributed by atoms with Gasteiger partial charge in [-0.2, -0.15) is 0 Å². The van der Waals surface area contributed by atoms with Crippen molar-refractivity contribution in [3.8, 4) is 5.75 Å². The zero-order valence-electron chi connectivity index (χ0n) is 9.45. The molecule has 2 rings (SSSR count).